The van der Waals surface area contributed by atoms with Gasteiger partial charge in [-0.25, -0.2) is 0 Å². The summed E-state index contributed by atoms with van der Waals surface area (Å²) in [5.74, 6) is 0.723. The summed E-state index contributed by atoms with van der Waals surface area (Å²) in [6, 6.07) is 21.0. The minimum Gasteiger partial charge on any atom is -0.612 e. The summed E-state index contributed by atoms with van der Waals surface area (Å²) in [5.41, 5.74) is 2.42. The lowest BCUT2D eigenvalue weighted by Gasteiger charge is -2.34. The van der Waals surface area contributed by atoms with Gasteiger partial charge in [-0.05, 0) is 28.4 Å². The van der Waals surface area contributed by atoms with Gasteiger partial charge >= 0.3 is 0 Å². The lowest BCUT2D eigenvalue weighted by atomic mass is 9.72. The van der Waals surface area contributed by atoms with Crippen molar-refractivity contribution in [3.8, 4) is 0 Å². The van der Waals surface area contributed by atoms with Crippen molar-refractivity contribution in [3.63, 3.8) is 0 Å². The van der Waals surface area contributed by atoms with Crippen LogP contribution in [0.25, 0.3) is 0 Å². The summed E-state index contributed by atoms with van der Waals surface area (Å²) in [4.78, 5) is 0. The highest BCUT2D eigenvalue weighted by atomic mass is 32.2. The molecular formula is C17H16OS. The smallest absolute Gasteiger partial charge is 0.114 e. The molecule has 0 aliphatic carbocycles. The largest absolute Gasteiger partial charge is 0.612 e. The minimum absolute atomic E-state index is 0.129. The average molecular weight is 268 g/mol. The second kappa shape index (κ2) is 5.24. The first-order chi connectivity index (χ1) is 9.31. The van der Waals surface area contributed by atoms with Gasteiger partial charge in [-0.1, -0.05) is 60.7 Å². The van der Waals surface area contributed by atoms with Gasteiger partial charge in [-0.3, -0.25) is 0 Å². The Balaban J connectivity index is 2.15. The van der Waals surface area contributed by atoms with Gasteiger partial charge in [-0.2, -0.15) is 0 Å². The van der Waals surface area contributed by atoms with E-state index < -0.39 is 11.2 Å². The molecule has 96 valence electrons. The number of allylic oxidation sites excluding steroid dienone is 1. The predicted octanol–water partition coefficient (Wildman–Crippen LogP) is 3.64. The van der Waals surface area contributed by atoms with Crippen molar-refractivity contribution < 1.29 is 4.55 Å². The van der Waals surface area contributed by atoms with Gasteiger partial charge in [0, 0.05) is 11.8 Å². The summed E-state index contributed by atoms with van der Waals surface area (Å²) in [5, 5.41) is 1.85. The van der Waals surface area contributed by atoms with E-state index in [1.54, 1.807) is 0 Å². The standard InChI is InChI=1S/C17H16OS/c18-19-13-11-17(12-14-19,15-7-3-1-4-8-15)16-9-5-2-6-10-16/h1-11,13H,12,14H2. The third-order valence-electron chi connectivity index (χ3n) is 3.78. The van der Waals surface area contributed by atoms with Gasteiger partial charge in [0.1, 0.15) is 11.2 Å². The summed E-state index contributed by atoms with van der Waals surface area (Å²) in [7, 11) is 0. The molecule has 0 N–H and O–H groups in total. The van der Waals surface area contributed by atoms with Crippen molar-refractivity contribution in [3.05, 3.63) is 83.3 Å². The third kappa shape index (κ3) is 2.34. The fourth-order valence-electron chi connectivity index (χ4n) is 2.72. The molecule has 0 spiro atoms. The maximum atomic E-state index is 11.6. The zero-order chi connectivity index (χ0) is 13.1. The first-order valence-corrected chi connectivity index (χ1v) is 7.87. The monoisotopic (exact) mass is 268 g/mol. The highest BCUT2D eigenvalue weighted by Gasteiger charge is 2.36. The molecule has 1 unspecified atom stereocenters. The molecule has 1 heterocycles. The maximum Gasteiger partial charge on any atom is 0.114 e. The van der Waals surface area contributed by atoms with Crippen LogP contribution in [0.5, 0.6) is 0 Å². The van der Waals surface area contributed by atoms with E-state index in [0.717, 1.165) is 12.2 Å². The normalized spacial score (nSPS) is 21.2. The second-order valence-corrected chi connectivity index (χ2v) is 6.28. The summed E-state index contributed by atoms with van der Waals surface area (Å²) in [6.45, 7) is 0. The van der Waals surface area contributed by atoms with Gasteiger partial charge in [0.25, 0.3) is 0 Å². The first kappa shape index (κ1) is 12.5. The predicted molar refractivity (Wildman–Crippen MR) is 80.4 cm³/mol. The summed E-state index contributed by atoms with van der Waals surface area (Å²) >= 11 is -0.815. The van der Waals surface area contributed by atoms with Crippen molar-refractivity contribution in [1.82, 2.24) is 0 Å². The van der Waals surface area contributed by atoms with Crippen LogP contribution in [0, 0.1) is 0 Å². The van der Waals surface area contributed by atoms with Crippen molar-refractivity contribution in [1.29, 1.82) is 0 Å². The lowest BCUT2D eigenvalue weighted by Crippen LogP contribution is -2.31. The molecule has 19 heavy (non-hydrogen) atoms. The molecule has 0 saturated heterocycles. The van der Waals surface area contributed by atoms with Gasteiger partial charge in [0.2, 0.25) is 0 Å². The molecule has 1 aliphatic rings. The Morgan fingerprint density at radius 3 is 1.79 bits per heavy atom. The van der Waals surface area contributed by atoms with Gasteiger partial charge < -0.3 is 4.55 Å². The Morgan fingerprint density at radius 1 is 0.842 bits per heavy atom. The zero-order valence-corrected chi connectivity index (χ0v) is 11.5. The molecule has 2 aromatic rings. The topological polar surface area (TPSA) is 23.1 Å². The van der Waals surface area contributed by atoms with Crippen LogP contribution in [0.2, 0.25) is 0 Å². The van der Waals surface area contributed by atoms with Crippen LogP contribution >= 0.6 is 0 Å². The molecule has 1 atom stereocenters. The van der Waals surface area contributed by atoms with Gasteiger partial charge in [-0.15, -0.1) is 0 Å². The SMILES string of the molecule is [O-][S+]1C=CC(c2ccccc2)(c2ccccc2)CC1. The Bertz CT molecular complexity index is 523. The maximum absolute atomic E-state index is 11.6. The molecule has 0 saturated carbocycles. The molecule has 3 rings (SSSR count). The molecule has 2 aromatic carbocycles. The Kier molecular flexibility index (Phi) is 3.45. The highest BCUT2D eigenvalue weighted by molar-refractivity contribution is 7.94. The van der Waals surface area contributed by atoms with E-state index in [1.807, 2.05) is 17.5 Å². The van der Waals surface area contributed by atoms with E-state index >= 15 is 0 Å². The fraction of sp³-hybridized carbons (Fsp3) is 0.176. The van der Waals surface area contributed by atoms with Crippen molar-refractivity contribution in [2.45, 2.75) is 11.8 Å². The molecule has 0 bridgehead atoms. The van der Waals surface area contributed by atoms with E-state index in [9.17, 15) is 4.55 Å². The first-order valence-electron chi connectivity index (χ1n) is 6.49. The molecule has 1 nitrogen and oxygen atoms in total. The Hall–Kier alpha value is -1.51. The van der Waals surface area contributed by atoms with Crippen molar-refractivity contribution in [2.24, 2.45) is 0 Å². The molecule has 0 amide bonds. The minimum atomic E-state index is -0.815. The van der Waals surface area contributed by atoms with E-state index in [1.165, 1.54) is 11.1 Å². The van der Waals surface area contributed by atoms with Crippen LogP contribution in [0.4, 0.5) is 0 Å². The zero-order valence-electron chi connectivity index (χ0n) is 10.7. The molecule has 1 aliphatic heterocycles. The summed E-state index contributed by atoms with van der Waals surface area (Å²) < 4.78 is 11.6. The third-order valence-corrected chi connectivity index (χ3v) is 4.83. The van der Waals surface area contributed by atoms with E-state index in [0.29, 0.717) is 0 Å². The van der Waals surface area contributed by atoms with Crippen LogP contribution in [-0.4, -0.2) is 10.3 Å². The van der Waals surface area contributed by atoms with E-state index in [4.69, 9.17) is 0 Å². The van der Waals surface area contributed by atoms with Crippen LogP contribution in [0.1, 0.15) is 17.5 Å². The average Bonchev–Trinajstić information content (AvgIpc) is 2.50. The fourth-order valence-corrected chi connectivity index (χ4v) is 3.77. The van der Waals surface area contributed by atoms with Crippen molar-refractivity contribution >= 4 is 11.2 Å². The number of hydrogen-bond donors (Lipinski definition) is 0. The quantitative estimate of drug-likeness (QED) is 0.763. The van der Waals surface area contributed by atoms with Gasteiger partial charge in [0.15, 0.2) is 0 Å². The highest BCUT2D eigenvalue weighted by Crippen LogP contribution is 2.40. The van der Waals surface area contributed by atoms with Crippen LogP contribution in [0.15, 0.2) is 72.1 Å². The Labute approximate surface area is 117 Å². The lowest BCUT2D eigenvalue weighted by molar-refractivity contribution is 0.567. The summed E-state index contributed by atoms with van der Waals surface area (Å²) in [6.07, 6.45) is 3.02. The second-order valence-electron chi connectivity index (χ2n) is 4.84. The number of rotatable bonds is 2. The molecular weight excluding hydrogens is 252 g/mol. The number of hydrogen-bond acceptors (Lipinski definition) is 1. The van der Waals surface area contributed by atoms with Gasteiger partial charge in [0.05, 0.1) is 0 Å². The van der Waals surface area contributed by atoms with Crippen LogP contribution in [-0.2, 0) is 16.6 Å². The molecule has 0 aromatic heterocycles. The molecule has 0 fully saturated rings. The molecule has 2 heteroatoms. The van der Waals surface area contributed by atoms with Crippen molar-refractivity contribution in [2.75, 3.05) is 5.75 Å². The van der Waals surface area contributed by atoms with E-state index in [2.05, 4.69) is 54.6 Å². The van der Waals surface area contributed by atoms with Crippen LogP contribution in [0.3, 0.4) is 0 Å². The Morgan fingerprint density at radius 2 is 1.37 bits per heavy atom. The number of benzene rings is 2. The molecule has 0 radical (unpaired) electrons. The van der Waals surface area contributed by atoms with E-state index in [-0.39, 0.29) is 5.41 Å². The van der Waals surface area contributed by atoms with Crippen LogP contribution < -0.4 is 0 Å².